The third-order valence-corrected chi connectivity index (χ3v) is 4.54. The lowest BCUT2D eigenvalue weighted by atomic mass is 10.2. The molecule has 132 valence electrons. The normalized spacial score (nSPS) is 13.9. The van der Waals surface area contributed by atoms with Gasteiger partial charge in [-0.3, -0.25) is 9.69 Å². The number of fused-ring (bicyclic) bond motifs is 1. The summed E-state index contributed by atoms with van der Waals surface area (Å²) in [6.45, 7) is 3.62. The maximum atomic E-state index is 12.8. The molecule has 0 spiro atoms. The number of aromatic nitrogens is 1. The standard InChI is InChI=1S/C20H19N3O3/c1-2-22-17-9-4-3-6-14(17)12-18(22)19(24)21-15-7-5-8-16(13-15)23-10-11-26-20(23)25/h3-9,12-13H,2,10-11H2,1H3,(H,21,24). The lowest BCUT2D eigenvalue weighted by molar-refractivity contribution is 0.101. The number of nitrogens with zero attached hydrogens (tertiary/aromatic N) is 2. The molecule has 0 bridgehead atoms. The van der Waals surface area contributed by atoms with Gasteiger partial charge in [0.05, 0.1) is 6.54 Å². The molecule has 0 unspecified atom stereocenters. The Bertz CT molecular complexity index is 993. The highest BCUT2D eigenvalue weighted by Gasteiger charge is 2.24. The van der Waals surface area contributed by atoms with Crippen molar-refractivity contribution in [3.05, 3.63) is 60.3 Å². The Morgan fingerprint density at radius 3 is 2.77 bits per heavy atom. The number of amides is 2. The Morgan fingerprint density at radius 1 is 1.15 bits per heavy atom. The van der Waals surface area contributed by atoms with Crippen LogP contribution in [0.15, 0.2) is 54.6 Å². The predicted octanol–water partition coefficient (Wildman–Crippen LogP) is 3.87. The van der Waals surface area contributed by atoms with Crippen molar-refractivity contribution in [2.24, 2.45) is 0 Å². The van der Waals surface area contributed by atoms with Crippen molar-refractivity contribution in [1.82, 2.24) is 4.57 Å². The highest BCUT2D eigenvalue weighted by atomic mass is 16.6. The molecule has 2 amide bonds. The van der Waals surface area contributed by atoms with Crippen molar-refractivity contribution in [3.8, 4) is 0 Å². The van der Waals surface area contributed by atoms with Crippen LogP contribution in [0.25, 0.3) is 10.9 Å². The number of rotatable bonds is 4. The predicted molar refractivity (Wildman–Crippen MR) is 101 cm³/mol. The molecule has 1 N–H and O–H groups in total. The number of para-hydroxylation sites is 1. The summed E-state index contributed by atoms with van der Waals surface area (Å²) in [5.74, 6) is -0.177. The Kier molecular flexibility index (Phi) is 4.08. The first-order valence-corrected chi connectivity index (χ1v) is 8.61. The molecular formula is C20H19N3O3. The van der Waals surface area contributed by atoms with E-state index in [2.05, 4.69) is 5.32 Å². The van der Waals surface area contributed by atoms with Crippen LogP contribution in [0.4, 0.5) is 16.2 Å². The summed E-state index contributed by atoms with van der Waals surface area (Å²) in [6.07, 6.45) is -0.361. The third-order valence-electron chi connectivity index (χ3n) is 4.54. The summed E-state index contributed by atoms with van der Waals surface area (Å²) in [7, 11) is 0. The van der Waals surface area contributed by atoms with Crippen LogP contribution in [0.2, 0.25) is 0 Å². The van der Waals surface area contributed by atoms with Gasteiger partial charge >= 0.3 is 6.09 Å². The monoisotopic (exact) mass is 349 g/mol. The minimum atomic E-state index is -0.361. The molecule has 2 aromatic carbocycles. The molecule has 6 nitrogen and oxygen atoms in total. The molecule has 0 atom stereocenters. The minimum Gasteiger partial charge on any atom is -0.447 e. The van der Waals surface area contributed by atoms with Crippen LogP contribution in [0.5, 0.6) is 0 Å². The number of carbonyl (C=O) groups excluding carboxylic acids is 2. The molecule has 1 aliphatic rings. The molecule has 0 aliphatic carbocycles. The second-order valence-electron chi connectivity index (χ2n) is 6.10. The summed E-state index contributed by atoms with van der Waals surface area (Å²) in [4.78, 5) is 26.1. The molecule has 0 radical (unpaired) electrons. The van der Waals surface area contributed by atoms with E-state index >= 15 is 0 Å². The van der Waals surface area contributed by atoms with Crippen molar-refractivity contribution in [2.45, 2.75) is 13.5 Å². The Balaban J connectivity index is 1.62. The number of anilines is 2. The van der Waals surface area contributed by atoms with E-state index in [1.54, 1.807) is 11.0 Å². The van der Waals surface area contributed by atoms with Gasteiger partial charge in [-0.1, -0.05) is 24.3 Å². The molecule has 1 saturated heterocycles. The number of hydrogen-bond donors (Lipinski definition) is 1. The van der Waals surface area contributed by atoms with Gasteiger partial charge in [-0.15, -0.1) is 0 Å². The van der Waals surface area contributed by atoms with Gasteiger partial charge in [-0.25, -0.2) is 4.79 Å². The van der Waals surface area contributed by atoms with Crippen LogP contribution in [-0.2, 0) is 11.3 Å². The SMILES string of the molecule is CCn1c(C(=O)Nc2cccc(N3CCOC3=O)c2)cc2ccccc21. The highest BCUT2D eigenvalue weighted by molar-refractivity contribution is 6.06. The van der Waals surface area contributed by atoms with Crippen LogP contribution in [0, 0.1) is 0 Å². The molecular weight excluding hydrogens is 330 g/mol. The summed E-state index contributed by atoms with van der Waals surface area (Å²) >= 11 is 0. The lowest BCUT2D eigenvalue weighted by Gasteiger charge is -2.14. The highest BCUT2D eigenvalue weighted by Crippen LogP contribution is 2.24. The summed E-state index contributed by atoms with van der Waals surface area (Å²) in [6, 6.07) is 17.1. The second kappa shape index (κ2) is 6.55. The largest absolute Gasteiger partial charge is 0.447 e. The fraction of sp³-hybridized carbons (Fsp3) is 0.200. The van der Waals surface area contributed by atoms with Crippen LogP contribution >= 0.6 is 0 Å². The molecule has 1 aromatic heterocycles. The molecule has 2 heterocycles. The van der Waals surface area contributed by atoms with Gasteiger partial charge in [-0.2, -0.15) is 0 Å². The van der Waals surface area contributed by atoms with Gasteiger partial charge in [0.1, 0.15) is 12.3 Å². The van der Waals surface area contributed by atoms with Gasteiger partial charge in [0.15, 0.2) is 0 Å². The fourth-order valence-electron chi connectivity index (χ4n) is 3.31. The van der Waals surface area contributed by atoms with Gasteiger partial charge < -0.3 is 14.6 Å². The third kappa shape index (κ3) is 2.79. The zero-order chi connectivity index (χ0) is 18.1. The van der Waals surface area contributed by atoms with Gasteiger partial charge in [-0.05, 0) is 37.3 Å². The topological polar surface area (TPSA) is 63.6 Å². The van der Waals surface area contributed by atoms with Gasteiger partial charge in [0, 0.05) is 28.8 Å². The smallest absolute Gasteiger partial charge is 0.414 e. The van der Waals surface area contributed by atoms with Crippen LogP contribution in [0.1, 0.15) is 17.4 Å². The zero-order valence-electron chi connectivity index (χ0n) is 14.4. The van der Waals surface area contributed by atoms with Crippen LogP contribution in [-0.4, -0.2) is 29.7 Å². The Labute approximate surface area is 151 Å². The fourth-order valence-corrected chi connectivity index (χ4v) is 3.31. The quantitative estimate of drug-likeness (QED) is 0.778. The number of aryl methyl sites for hydroxylation is 1. The Hall–Kier alpha value is -3.28. The first-order chi connectivity index (χ1) is 12.7. The number of nitrogens with one attached hydrogen (secondary N) is 1. The maximum absolute atomic E-state index is 12.8. The zero-order valence-corrected chi connectivity index (χ0v) is 14.4. The first-order valence-electron chi connectivity index (χ1n) is 8.61. The van der Waals surface area contributed by atoms with Crippen molar-refractivity contribution >= 4 is 34.3 Å². The van der Waals surface area contributed by atoms with Crippen LogP contribution < -0.4 is 10.2 Å². The number of cyclic esters (lactones) is 1. The number of benzene rings is 2. The summed E-state index contributed by atoms with van der Waals surface area (Å²) in [5, 5.41) is 3.97. The van der Waals surface area contributed by atoms with E-state index in [9.17, 15) is 9.59 Å². The molecule has 1 aliphatic heterocycles. The molecule has 3 aromatic rings. The summed E-state index contributed by atoms with van der Waals surface area (Å²) < 4.78 is 6.96. The number of hydrogen-bond acceptors (Lipinski definition) is 3. The molecule has 1 fully saturated rings. The second-order valence-corrected chi connectivity index (χ2v) is 6.10. The molecule has 4 rings (SSSR count). The molecule has 6 heteroatoms. The van der Waals surface area contributed by atoms with E-state index in [4.69, 9.17) is 4.74 Å². The van der Waals surface area contributed by atoms with E-state index in [1.807, 2.05) is 60.0 Å². The maximum Gasteiger partial charge on any atom is 0.414 e. The number of carbonyl (C=O) groups is 2. The Morgan fingerprint density at radius 2 is 2.00 bits per heavy atom. The first kappa shape index (κ1) is 16.2. The minimum absolute atomic E-state index is 0.177. The molecule has 0 saturated carbocycles. The van der Waals surface area contributed by atoms with Gasteiger partial charge in [0.25, 0.3) is 5.91 Å². The lowest BCUT2D eigenvalue weighted by Crippen LogP contribution is -2.23. The average Bonchev–Trinajstić information content (AvgIpc) is 3.25. The van der Waals surface area contributed by atoms with E-state index in [0.717, 1.165) is 10.9 Å². The number of ether oxygens (including phenoxy) is 1. The average molecular weight is 349 g/mol. The van der Waals surface area contributed by atoms with E-state index < -0.39 is 0 Å². The van der Waals surface area contributed by atoms with Gasteiger partial charge in [0.2, 0.25) is 0 Å². The van der Waals surface area contributed by atoms with E-state index in [1.165, 1.54) is 0 Å². The van der Waals surface area contributed by atoms with Crippen molar-refractivity contribution in [3.63, 3.8) is 0 Å². The van der Waals surface area contributed by atoms with Crippen molar-refractivity contribution in [2.75, 3.05) is 23.4 Å². The summed E-state index contributed by atoms with van der Waals surface area (Å²) in [5.41, 5.74) is 3.00. The van der Waals surface area contributed by atoms with Crippen molar-refractivity contribution < 1.29 is 14.3 Å². The van der Waals surface area contributed by atoms with Crippen molar-refractivity contribution in [1.29, 1.82) is 0 Å². The van der Waals surface area contributed by atoms with E-state index in [0.29, 0.717) is 36.8 Å². The molecule has 26 heavy (non-hydrogen) atoms. The van der Waals surface area contributed by atoms with E-state index in [-0.39, 0.29) is 12.0 Å². The van der Waals surface area contributed by atoms with Crippen LogP contribution in [0.3, 0.4) is 0 Å².